The second-order valence-corrected chi connectivity index (χ2v) is 7.99. The Morgan fingerprint density at radius 1 is 1.11 bits per heavy atom. The highest BCUT2D eigenvalue weighted by Gasteiger charge is 2.36. The van der Waals surface area contributed by atoms with Crippen molar-refractivity contribution in [2.75, 3.05) is 46.9 Å². The molecule has 1 amide bonds. The first-order chi connectivity index (χ1) is 13.6. The van der Waals surface area contributed by atoms with Crippen LogP contribution in [-0.4, -0.2) is 58.4 Å². The van der Waals surface area contributed by atoms with Crippen LogP contribution in [0.1, 0.15) is 31.2 Å². The van der Waals surface area contributed by atoms with Crippen LogP contribution in [-0.2, 0) is 11.3 Å². The zero-order valence-corrected chi connectivity index (χ0v) is 17.0. The number of amides is 1. The molecule has 1 aliphatic heterocycles. The lowest BCUT2D eigenvalue weighted by molar-refractivity contribution is -1.02. The standard InChI is InChI=1S/C21H30N4O3/c1-27-18-6-5-17(13-19(18)28-2)14-24-9-11-25(12-10-24)15-20(26)23-21(16-22)7-3-4-8-21/h5-6,13H,3-4,7-12,14-15H2,1-2H3,(H,23,26)/p+2. The van der Waals surface area contributed by atoms with Gasteiger partial charge in [-0.3, -0.25) is 4.79 Å². The summed E-state index contributed by atoms with van der Waals surface area (Å²) in [6.45, 7) is 5.40. The molecule has 1 saturated carbocycles. The topological polar surface area (TPSA) is 80.2 Å². The van der Waals surface area contributed by atoms with Gasteiger partial charge < -0.3 is 24.6 Å². The average Bonchev–Trinajstić information content (AvgIpc) is 3.18. The molecule has 0 radical (unpaired) electrons. The van der Waals surface area contributed by atoms with Crippen LogP contribution in [0.25, 0.3) is 0 Å². The average molecular weight is 389 g/mol. The van der Waals surface area contributed by atoms with Crippen LogP contribution in [0.15, 0.2) is 18.2 Å². The second-order valence-electron chi connectivity index (χ2n) is 7.99. The van der Waals surface area contributed by atoms with Crippen LogP contribution < -0.4 is 24.6 Å². The maximum absolute atomic E-state index is 12.4. The summed E-state index contributed by atoms with van der Waals surface area (Å²) in [5, 5.41) is 12.4. The Hall–Kier alpha value is -2.30. The maximum atomic E-state index is 12.4. The molecule has 2 fully saturated rings. The highest BCUT2D eigenvalue weighted by Crippen LogP contribution is 2.28. The summed E-state index contributed by atoms with van der Waals surface area (Å²) in [6, 6.07) is 8.42. The Labute approximate surface area is 167 Å². The first kappa shape index (κ1) is 20.4. The van der Waals surface area contributed by atoms with Crippen molar-refractivity contribution in [1.29, 1.82) is 5.26 Å². The van der Waals surface area contributed by atoms with Crippen LogP contribution >= 0.6 is 0 Å². The van der Waals surface area contributed by atoms with Gasteiger partial charge in [0.25, 0.3) is 5.91 Å². The SMILES string of the molecule is COc1ccc(C[NH+]2CC[NH+](CC(=O)NC3(C#N)CCCC3)CC2)cc1OC. The fourth-order valence-electron chi connectivity index (χ4n) is 4.37. The van der Waals surface area contributed by atoms with E-state index in [0.29, 0.717) is 6.54 Å². The zero-order valence-electron chi connectivity index (χ0n) is 17.0. The molecule has 28 heavy (non-hydrogen) atoms. The molecule has 1 heterocycles. The van der Waals surface area contributed by atoms with E-state index in [1.165, 1.54) is 15.4 Å². The van der Waals surface area contributed by atoms with Crippen molar-refractivity contribution in [3.63, 3.8) is 0 Å². The van der Waals surface area contributed by atoms with E-state index >= 15 is 0 Å². The Morgan fingerprint density at radius 2 is 1.75 bits per heavy atom. The molecule has 0 aromatic heterocycles. The molecule has 1 aliphatic carbocycles. The summed E-state index contributed by atoms with van der Waals surface area (Å²) in [5.41, 5.74) is 0.614. The molecule has 1 saturated heterocycles. The first-order valence-corrected chi connectivity index (χ1v) is 10.2. The van der Waals surface area contributed by atoms with E-state index in [1.807, 2.05) is 12.1 Å². The van der Waals surface area contributed by atoms with E-state index in [2.05, 4.69) is 17.5 Å². The summed E-state index contributed by atoms with van der Waals surface area (Å²) >= 11 is 0. The quantitative estimate of drug-likeness (QED) is 0.556. The summed E-state index contributed by atoms with van der Waals surface area (Å²) in [5.74, 6) is 1.53. The summed E-state index contributed by atoms with van der Waals surface area (Å²) in [6.07, 6.45) is 3.62. The molecule has 7 heteroatoms. The summed E-state index contributed by atoms with van der Waals surface area (Å²) < 4.78 is 10.7. The number of rotatable bonds is 7. The molecule has 0 bridgehead atoms. The number of carbonyl (C=O) groups excluding carboxylic acids is 1. The van der Waals surface area contributed by atoms with E-state index in [0.717, 1.165) is 69.9 Å². The second kappa shape index (κ2) is 9.26. The molecule has 7 nitrogen and oxygen atoms in total. The van der Waals surface area contributed by atoms with Crippen molar-refractivity contribution in [3.8, 4) is 17.6 Å². The van der Waals surface area contributed by atoms with Gasteiger partial charge in [0.2, 0.25) is 0 Å². The number of nitrogens with zero attached hydrogens (tertiary/aromatic N) is 1. The van der Waals surface area contributed by atoms with Gasteiger partial charge in [0.15, 0.2) is 18.0 Å². The Morgan fingerprint density at radius 3 is 2.36 bits per heavy atom. The molecular formula is C21H32N4O3+2. The number of nitriles is 1. The normalized spacial score (nSPS) is 23.6. The number of hydrogen-bond donors (Lipinski definition) is 3. The largest absolute Gasteiger partial charge is 0.493 e. The first-order valence-electron chi connectivity index (χ1n) is 10.2. The van der Waals surface area contributed by atoms with Gasteiger partial charge in [-0.15, -0.1) is 0 Å². The van der Waals surface area contributed by atoms with Crippen LogP contribution in [0, 0.1) is 11.3 Å². The molecule has 2 aliphatic rings. The lowest BCUT2D eigenvalue weighted by Crippen LogP contribution is -3.28. The molecular weight excluding hydrogens is 356 g/mol. The van der Waals surface area contributed by atoms with Crippen molar-refractivity contribution >= 4 is 5.91 Å². The van der Waals surface area contributed by atoms with Crippen LogP contribution in [0.4, 0.5) is 0 Å². The van der Waals surface area contributed by atoms with Gasteiger partial charge >= 0.3 is 0 Å². The smallest absolute Gasteiger partial charge is 0.276 e. The fourth-order valence-corrected chi connectivity index (χ4v) is 4.37. The van der Waals surface area contributed by atoms with Gasteiger partial charge in [0, 0.05) is 5.56 Å². The van der Waals surface area contributed by atoms with E-state index in [9.17, 15) is 10.1 Å². The predicted octanol–water partition coefficient (Wildman–Crippen LogP) is -1.06. The highest BCUT2D eigenvalue weighted by atomic mass is 16.5. The summed E-state index contributed by atoms with van der Waals surface area (Å²) in [7, 11) is 3.30. The van der Waals surface area contributed by atoms with Gasteiger partial charge in [-0.25, -0.2) is 0 Å². The molecule has 1 aromatic rings. The molecule has 1 aromatic carbocycles. The van der Waals surface area contributed by atoms with Crippen molar-refractivity contribution in [2.24, 2.45) is 0 Å². The third-order valence-corrected chi connectivity index (χ3v) is 6.03. The van der Waals surface area contributed by atoms with Crippen molar-refractivity contribution in [1.82, 2.24) is 5.32 Å². The number of methoxy groups -OCH3 is 2. The number of ether oxygens (including phenoxy) is 2. The van der Waals surface area contributed by atoms with Crippen LogP contribution in [0.2, 0.25) is 0 Å². The zero-order chi connectivity index (χ0) is 20.0. The minimum atomic E-state index is -0.614. The monoisotopic (exact) mass is 388 g/mol. The lowest BCUT2D eigenvalue weighted by atomic mass is 10.00. The van der Waals surface area contributed by atoms with E-state index in [4.69, 9.17) is 9.47 Å². The number of benzene rings is 1. The third kappa shape index (κ3) is 4.94. The number of quaternary nitrogens is 2. The van der Waals surface area contributed by atoms with Crippen molar-refractivity contribution in [2.45, 2.75) is 37.8 Å². The van der Waals surface area contributed by atoms with Gasteiger partial charge in [0.05, 0.1) is 20.3 Å². The number of hydrogen-bond acceptors (Lipinski definition) is 4. The Balaban J connectivity index is 1.46. The third-order valence-electron chi connectivity index (χ3n) is 6.03. The predicted molar refractivity (Wildman–Crippen MR) is 104 cm³/mol. The van der Waals surface area contributed by atoms with Gasteiger partial charge in [-0.1, -0.05) is 0 Å². The number of nitrogens with one attached hydrogen (secondary N) is 3. The van der Waals surface area contributed by atoms with Crippen LogP contribution in [0.5, 0.6) is 11.5 Å². The highest BCUT2D eigenvalue weighted by molar-refractivity contribution is 5.78. The molecule has 0 spiro atoms. The van der Waals surface area contributed by atoms with E-state index in [1.54, 1.807) is 14.2 Å². The summed E-state index contributed by atoms with van der Waals surface area (Å²) in [4.78, 5) is 15.2. The van der Waals surface area contributed by atoms with E-state index in [-0.39, 0.29) is 5.91 Å². The Bertz CT molecular complexity index is 717. The van der Waals surface area contributed by atoms with Gasteiger partial charge in [-0.2, -0.15) is 5.26 Å². The lowest BCUT2D eigenvalue weighted by Gasteiger charge is -2.30. The Kier molecular flexibility index (Phi) is 6.76. The van der Waals surface area contributed by atoms with Crippen molar-refractivity contribution < 1.29 is 24.1 Å². The maximum Gasteiger partial charge on any atom is 0.276 e. The molecule has 152 valence electrons. The molecule has 3 rings (SSSR count). The molecule has 3 N–H and O–H groups in total. The number of carbonyl (C=O) groups is 1. The minimum Gasteiger partial charge on any atom is -0.493 e. The fraction of sp³-hybridized carbons (Fsp3) is 0.619. The van der Waals surface area contributed by atoms with Crippen LogP contribution in [0.3, 0.4) is 0 Å². The minimum absolute atomic E-state index is 0.0155. The van der Waals surface area contributed by atoms with Gasteiger partial charge in [-0.05, 0) is 43.9 Å². The van der Waals surface area contributed by atoms with Gasteiger partial charge in [0.1, 0.15) is 38.3 Å². The van der Waals surface area contributed by atoms with Crippen molar-refractivity contribution in [3.05, 3.63) is 23.8 Å². The van der Waals surface area contributed by atoms with E-state index < -0.39 is 5.54 Å². The molecule has 0 atom stereocenters. The number of piperazine rings is 1. The molecule has 0 unspecified atom stereocenters.